The molecule has 0 saturated carbocycles. The van der Waals surface area contributed by atoms with E-state index in [0.29, 0.717) is 6.54 Å². The number of carbonyl (C=O) groups excluding carboxylic acids is 1. The monoisotopic (exact) mass is 258 g/mol. The molecule has 0 aliphatic heterocycles. The maximum Gasteiger partial charge on any atom is 0.241 e. The third-order valence-electron chi connectivity index (χ3n) is 3.42. The van der Waals surface area contributed by atoms with E-state index in [2.05, 4.69) is 20.8 Å². The van der Waals surface area contributed by atoms with Gasteiger partial charge >= 0.3 is 0 Å². The first-order chi connectivity index (χ1) is 8.89. The van der Waals surface area contributed by atoms with E-state index in [9.17, 15) is 4.79 Å². The van der Waals surface area contributed by atoms with Crippen molar-refractivity contribution in [3.63, 3.8) is 0 Å². The number of rotatable bonds is 5. The molecule has 0 fully saturated rings. The van der Waals surface area contributed by atoms with Gasteiger partial charge in [-0.1, -0.05) is 38.5 Å². The summed E-state index contributed by atoms with van der Waals surface area (Å²) in [5, 5.41) is 8.73. The third kappa shape index (κ3) is 4.40. The van der Waals surface area contributed by atoms with Gasteiger partial charge < -0.3 is 4.90 Å². The molecule has 0 spiro atoms. The average molecular weight is 258 g/mol. The summed E-state index contributed by atoms with van der Waals surface area (Å²) in [7, 11) is 0. The molecule has 1 aromatic rings. The van der Waals surface area contributed by atoms with Crippen molar-refractivity contribution in [2.24, 2.45) is 5.41 Å². The van der Waals surface area contributed by atoms with E-state index in [4.69, 9.17) is 5.26 Å². The Kier molecular flexibility index (Phi) is 5.11. The molecule has 0 heterocycles. The van der Waals surface area contributed by atoms with E-state index in [-0.39, 0.29) is 17.7 Å². The van der Waals surface area contributed by atoms with Crippen LogP contribution in [-0.4, -0.2) is 12.5 Å². The van der Waals surface area contributed by atoms with Crippen molar-refractivity contribution < 1.29 is 4.79 Å². The van der Waals surface area contributed by atoms with Crippen molar-refractivity contribution in [2.45, 2.75) is 40.5 Å². The van der Waals surface area contributed by atoms with E-state index >= 15 is 0 Å². The molecule has 0 bridgehead atoms. The number of carbonyl (C=O) groups is 1. The first-order valence-electron chi connectivity index (χ1n) is 6.63. The fraction of sp³-hybridized carbons (Fsp3) is 0.500. The Bertz CT molecular complexity index is 469. The summed E-state index contributed by atoms with van der Waals surface area (Å²) in [5.41, 5.74) is 2.06. The molecule has 3 heteroatoms. The number of hydrogen-bond acceptors (Lipinski definition) is 2. The van der Waals surface area contributed by atoms with Crippen LogP contribution < -0.4 is 4.90 Å². The summed E-state index contributed by atoms with van der Waals surface area (Å²) in [5.74, 6) is -0.132. The van der Waals surface area contributed by atoms with Crippen molar-refractivity contribution in [3.8, 4) is 6.07 Å². The van der Waals surface area contributed by atoms with Crippen LogP contribution in [-0.2, 0) is 4.79 Å². The molecule has 1 aromatic carbocycles. The number of nitrogens with zero attached hydrogens (tertiary/aromatic N) is 2. The maximum atomic E-state index is 12.1. The molecule has 0 radical (unpaired) electrons. The Morgan fingerprint density at radius 1 is 1.32 bits per heavy atom. The van der Waals surface area contributed by atoms with Gasteiger partial charge in [0.15, 0.2) is 0 Å². The Labute approximate surface area is 115 Å². The Balaban J connectivity index is 3.02. The number of nitriles is 1. The van der Waals surface area contributed by atoms with Crippen LogP contribution in [0.25, 0.3) is 0 Å². The molecule has 1 amide bonds. The summed E-state index contributed by atoms with van der Waals surface area (Å²) in [4.78, 5) is 13.9. The van der Waals surface area contributed by atoms with Gasteiger partial charge in [-0.3, -0.25) is 4.79 Å². The van der Waals surface area contributed by atoms with Gasteiger partial charge in [0.25, 0.3) is 0 Å². The standard InChI is InChI=1S/C16H22N2O/c1-5-16(3,4)12-18(15(19)10-11-17)14-8-6-13(2)7-9-14/h6-9H,5,10,12H2,1-4H3. The summed E-state index contributed by atoms with van der Waals surface area (Å²) >= 11 is 0. The van der Waals surface area contributed by atoms with Crippen LogP contribution in [0.3, 0.4) is 0 Å². The van der Waals surface area contributed by atoms with Crippen LogP contribution in [0.4, 0.5) is 5.69 Å². The summed E-state index contributed by atoms with van der Waals surface area (Å²) in [6.07, 6.45) is 0.906. The summed E-state index contributed by atoms with van der Waals surface area (Å²) in [6.45, 7) is 9.03. The fourth-order valence-electron chi connectivity index (χ4n) is 1.75. The number of anilines is 1. The molecule has 19 heavy (non-hydrogen) atoms. The lowest BCUT2D eigenvalue weighted by atomic mass is 9.89. The van der Waals surface area contributed by atoms with Gasteiger partial charge in [-0.05, 0) is 30.9 Å². The van der Waals surface area contributed by atoms with Crippen molar-refractivity contribution >= 4 is 11.6 Å². The molecule has 102 valence electrons. The molecule has 0 unspecified atom stereocenters. The Morgan fingerprint density at radius 2 is 1.89 bits per heavy atom. The van der Waals surface area contributed by atoms with Crippen molar-refractivity contribution in [3.05, 3.63) is 29.8 Å². The summed E-state index contributed by atoms with van der Waals surface area (Å²) < 4.78 is 0. The normalized spacial score (nSPS) is 10.9. The Morgan fingerprint density at radius 3 is 2.37 bits per heavy atom. The van der Waals surface area contributed by atoms with E-state index in [1.54, 1.807) is 4.90 Å². The zero-order valence-corrected chi connectivity index (χ0v) is 12.2. The quantitative estimate of drug-likeness (QED) is 0.808. The molecule has 0 atom stereocenters. The van der Waals surface area contributed by atoms with Gasteiger partial charge in [0.1, 0.15) is 6.42 Å². The highest BCUT2D eigenvalue weighted by Gasteiger charge is 2.24. The second-order valence-electron chi connectivity index (χ2n) is 5.67. The van der Waals surface area contributed by atoms with Crippen LogP contribution in [0, 0.1) is 23.7 Å². The number of hydrogen-bond donors (Lipinski definition) is 0. The minimum atomic E-state index is -0.132. The SMILES string of the molecule is CCC(C)(C)CN(C(=O)CC#N)c1ccc(C)cc1. The molecule has 0 aliphatic carbocycles. The smallest absolute Gasteiger partial charge is 0.241 e. The van der Waals surface area contributed by atoms with Gasteiger partial charge in [0.05, 0.1) is 6.07 Å². The Hall–Kier alpha value is -1.82. The van der Waals surface area contributed by atoms with Crippen molar-refractivity contribution in [1.29, 1.82) is 5.26 Å². The second kappa shape index (κ2) is 6.38. The fourth-order valence-corrected chi connectivity index (χ4v) is 1.75. The largest absolute Gasteiger partial charge is 0.311 e. The molecule has 0 saturated heterocycles. The minimum Gasteiger partial charge on any atom is -0.311 e. The highest BCUT2D eigenvalue weighted by Crippen LogP contribution is 2.26. The second-order valence-corrected chi connectivity index (χ2v) is 5.67. The topological polar surface area (TPSA) is 44.1 Å². The maximum absolute atomic E-state index is 12.1. The molecule has 0 aromatic heterocycles. The first-order valence-corrected chi connectivity index (χ1v) is 6.63. The van der Waals surface area contributed by atoms with Crippen LogP contribution in [0.1, 0.15) is 39.2 Å². The van der Waals surface area contributed by atoms with Gasteiger partial charge in [-0.15, -0.1) is 0 Å². The van der Waals surface area contributed by atoms with E-state index in [1.165, 1.54) is 0 Å². The van der Waals surface area contributed by atoms with Gasteiger partial charge in [0.2, 0.25) is 5.91 Å². The summed E-state index contributed by atoms with van der Waals surface area (Å²) in [6, 6.07) is 9.80. The average Bonchev–Trinajstić information content (AvgIpc) is 2.37. The molecule has 3 nitrogen and oxygen atoms in total. The van der Waals surface area contributed by atoms with Crippen molar-refractivity contribution in [2.75, 3.05) is 11.4 Å². The predicted octanol–water partition coefficient (Wildman–Crippen LogP) is 3.68. The van der Waals surface area contributed by atoms with Gasteiger partial charge in [-0.2, -0.15) is 5.26 Å². The van der Waals surface area contributed by atoms with Crippen LogP contribution >= 0.6 is 0 Å². The van der Waals surface area contributed by atoms with E-state index < -0.39 is 0 Å². The highest BCUT2D eigenvalue weighted by atomic mass is 16.2. The third-order valence-corrected chi connectivity index (χ3v) is 3.42. The first kappa shape index (κ1) is 15.2. The molecule has 0 N–H and O–H groups in total. The van der Waals surface area contributed by atoms with E-state index in [0.717, 1.165) is 17.7 Å². The lowest BCUT2D eigenvalue weighted by Crippen LogP contribution is -2.38. The molecular weight excluding hydrogens is 236 g/mol. The predicted molar refractivity (Wildman–Crippen MR) is 77.8 cm³/mol. The van der Waals surface area contributed by atoms with Crippen LogP contribution in [0.2, 0.25) is 0 Å². The van der Waals surface area contributed by atoms with Crippen molar-refractivity contribution in [1.82, 2.24) is 0 Å². The van der Waals surface area contributed by atoms with Gasteiger partial charge in [-0.25, -0.2) is 0 Å². The van der Waals surface area contributed by atoms with Crippen LogP contribution in [0.15, 0.2) is 24.3 Å². The number of amides is 1. The molecular formula is C16H22N2O. The number of aryl methyl sites for hydroxylation is 1. The highest BCUT2D eigenvalue weighted by molar-refractivity contribution is 5.94. The zero-order valence-electron chi connectivity index (χ0n) is 12.2. The number of benzene rings is 1. The zero-order chi connectivity index (χ0) is 14.5. The lowest BCUT2D eigenvalue weighted by Gasteiger charge is -2.31. The van der Waals surface area contributed by atoms with Crippen LogP contribution in [0.5, 0.6) is 0 Å². The molecule has 1 rings (SSSR count). The van der Waals surface area contributed by atoms with E-state index in [1.807, 2.05) is 37.3 Å². The minimum absolute atomic E-state index is 0.0377. The van der Waals surface area contributed by atoms with Gasteiger partial charge in [0, 0.05) is 12.2 Å². The lowest BCUT2D eigenvalue weighted by molar-refractivity contribution is -0.118. The molecule has 0 aliphatic rings.